The molecule has 6 radical (unpaired) electrons. The SMILES string of the molecule is [B]C([B])([B])OC(C)C12CCC(CNC1)N2C(=O)OC(C)(C)C. The average Bonchev–Trinajstić information content (AvgIpc) is 2.53. The van der Waals surface area contributed by atoms with Gasteiger partial charge in [0.05, 0.1) is 35.2 Å². The second kappa shape index (κ2) is 5.79. The smallest absolute Gasteiger partial charge is 0.411 e. The van der Waals surface area contributed by atoms with E-state index in [1.165, 1.54) is 0 Å². The molecule has 0 aromatic rings. The fourth-order valence-electron chi connectivity index (χ4n) is 3.45. The number of rotatable bonds is 3. The van der Waals surface area contributed by atoms with E-state index in [1.54, 1.807) is 4.90 Å². The zero-order valence-corrected chi connectivity index (χ0v) is 13.9. The monoisotopic (exact) mass is 300 g/mol. The molecule has 8 heteroatoms. The number of ether oxygens (including phenoxy) is 2. The lowest BCUT2D eigenvalue weighted by atomic mass is 9.52. The van der Waals surface area contributed by atoms with Gasteiger partial charge in [-0.05, 0) is 45.8 Å². The molecule has 116 valence electrons. The van der Waals surface area contributed by atoms with E-state index in [2.05, 4.69) is 5.32 Å². The highest BCUT2D eigenvalue weighted by atomic mass is 16.6. The van der Waals surface area contributed by atoms with E-state index in [0.29, 0.717) is 6.54 Å². The normalized spacial score (nSPS) is 30.2. The highest BCUT2D eigenvalue weighted by molar-refractivity contribution is 6.58. The van der Waals surface area contributed by atoms with Gasteiger partial charge in [-0.1, -0.05) is 0 Å². The van der Waals surface area contributed by atoms with E-state index >= 15 is 0 Å². The third-order valence-corrected chi connectivity index (χ3v) is 4.29. The van der Waals surface area contributed by atoms with Gasteiger partial charge in [0, 0.05) is 19.1 Å². The van der Waals surface area contributed by atoms with E-state index in [9.17, 15) is 4.79 Å². The van der Waals surface area contributed by atoms with Crippen LogP contribution in [0.5, 0.6) is 0 Å². The lowest BCUT2D eigenvalue weighted by molar-refractivity contribution is -0.0764. The molecule has 0 aromatic carbocycles. The molecule has 0 spiro atoms. The molecule has 2 rings (SSSR count). The molecule has 0 saturated carbocycles. The molecular formula is C14H23B3N2O3. The van der Waals surface area contributed by atoms with Gasteiger partial charge >= 0.3 is 6.09 Å². The summed E-state index contributed by atoms with van der Waals surface area (Å²) in [7, 11) is 16.7. The minimum Gasteiger partial charge on any atom is -0.444 e. The Bertz CT molecular complexity index is 432. The predicted octanol–water partition coefficient (Wildman–Crippen LogP) is 0.250. The van der Waals surface area contributed by atoms with E-state index in [4.69, 9.17) is 33.0 Å². The summed E-state index contributed by atoms with van der Waals surface area (Å²) in [6.45, 7) is 8.74. The van der Waals surface area contributed by atoms with Gasteiger partial charge in [0.15, 0.2) is 0 Å². The molecule has 2 heterocycles. The first kappa shape index (κ1) is 17.7. The number of carbonyl (C=O) groups excluding carboxylic acids is 1. The van der Waals surface area contributed by atoms with Crippen LogP contribution in [0.3, 0.4) is 0 Å². The van der Waals surface area contributed by atoms with Crippen LogP contribution in [0.2, 0.25) is 0 Å². The molecule has 22 heavy (non-hydrogen) atoms. The molecule has 2 bridgehead atoms. The maximum atomic E-state index is 12.7. The molecule has 1 amide bonds. The van der Waals surface area contributed by atoms with Crippen molar-refractivity contribution in [3.8, 4) is 0 Å². The standard InChI is InChI=1S/C14H23B3N2O3/c1-9(21-14(15,16)17)13-6-5-10(7-18-8-13)19(13)11(20)22-12(2,3)4/h9-10,18H,5-8H2,1-4H3. The van der Waals surface area contributed by atoms with E-state index in [0.717, 1.165) is 19.4 Å². The number of carbonyl (C=O) groups is 1. The topological polar surface area (TPSA) is 50.8 Å². The van der Waals surface area contributed by atoms with Crippen LogP contribution >= 0.6 is 0 Å². The maximum absolute atomic E-state index is 12.7. The van der Waals surface area contributed by atoms with E-state index in [1.807, 2.05) is 27.7 Å². The van der Waals surface area contributed by atoms with Crippen LogP contribution in [0, 0.1) is 0 Å². The summed E-state index contributed by atoms with van der Waals surface area (Å²) in [5.74, 6) is 0. The fourth-order valence-corrected chi connectivity index (χ4v) is 3.45. The predicted molar refractivity (Wildman–Crippen MR) is 87.2 cm³/mol. The second-order valence-corrected chi connectivity index (χ2v) is 7.39. The number of hydrogen-bond donors (Lipinski definition) is 1. The number of nitrogens with zero attached hydrogens (tertiary/aromatic N) is 1. The summed E-state index contributed by atoms with van der Waals surface area (Å²) in [5.41, 5.74) is -1.10. The zero-order valence-electron chi connectivity index (χ0n) is 13.9. The third-order valence-electron chi connectivity index (χ3n) is 4.29. The fraction of sp³-hybridized carbons (Fsp3) is 0.929. The molecule has 2 fully saturated rings. The van der Waals surface area contributed by atoms with Crippen LogP contribution in [-0.2, 0) is 9.47 Å². The van der Waals surface area contributed by atoms with Gasteiger partial charge < -0.3 is 14.8 Å². The Kier molecular flexibility index (Phi) is 4.66. The van der Waals surface area contributed by atoms with Crippen LogP contribution in [-0.4, -0.2) is 76.2 Å². The zero-order chi connectivity index (χ0) is 16.8. The molecule has 0 aromatic heterocycles. The Labute approximate surface area is 137 Å². The summed E-state index contributed by atoms with van der Waals surface area (Å²) in [5, 5.41) is 1.62. The molecular weight excluding hydrogens is 277 g/mol. The number of fused-ring (bicyclic) bond motifs is 2. The van der Waals surface area contributed by atoms with Gasteiger partial charge in [-0.15, -0.1) is 0 Å². The van der Waals surface area contributed by atoms with Gasteiger partial charge in [0.1, 0.15) is 5.60 Å². The van der Waals surface area contributed by atoms with Gasteiger partial charge in [0.2, 0.25) is 0 Å². The second-order valence-electron chi connectivity index (χ2n) is 7.39. The van der Waals surface area contributed by atoms with E-state index in [-0.39, 0.29) is 12.1 Å². The highest BCUT2D eigenvalue weighted by Crippen LogP contribution is 2.41. The molecule has 0 aliphatic carbocycles. The lowest BCUT2D eigenvalue weighted by Gasteiger charge is -2.49. The molecule has 3 atom stereocenters. The maximum Gasteiger partial charge on any atom is 0.411 e. The Morgan fingerprint density at radius 2 is 2.00 bits per heavy atom. The Morgan fingerprint density at radius 3 is 2.55 bits per heavy atom. The first-order valence-corrected chi connectivity index (χ1v) is 7.72. The minimum absolute atomic E-state index is 0.0809. The molecule has 2 aliphatic heterocycles. The van der Waals surface area contributed by atoms with Crippen LogP contribution in [0.25, 0.3) is 0 Å². The highest BCUT2D eigenvalue weighted by Gasteiger charge is 2.56. The number of hydrogen-bond acceptors (Lipinski definition) is 4. The number of piperazine rings is 1. The lowest BCUT2D eigenvalue weighted by Crippen LogP contribution is -2.68. The van der Waals surface area contributed by atoms with Crippen LogP contribution < -0.4 is 5.32 Å². The first-order chi connectivity index (χ1) is 9.95. The summed E-state index contributed by atoms with van der Waals surface area (Å²) < 4.78 is 11.1. The molecule has 5 nitrogen and oxygen atoms in total. The quantitative estimate of drug-likeness (QED) is 0.759. The number of amides is 1. The Balaban J connectivity index is 2.24. The number of nitrogens with one attached hydrogen (secondary N) is 1. The van der Waals surface area contributed by atoms with Gasteiger partial charge in [-0.25, -0.2) is 4.79 Å². The van der Waals surface area contributed by atoms with Crippen molar-refractivity contribution in [3.63, 3.8) is 0 Å². The summed E-state index contributed by atoms with van der Waals surface area (Å²) in [4.78, 5) is 14.5. The molecule has 2 aliphatic rings. The minimum atomic E-state index is -1.73. The summed E-state index contributed by atoms with van der Waals surface area (Å²) >= 11 is 0. The Morgan fingerprint density at radius 1 is 1.36 bits per heavy atom. The van der Waals surface area contributed by atoms with Gasteiger partial charge in [-0.2, -0.15) is 0 Å². The van der Waals surface area contributed by atoms with Crippen molar-refractivity contribution < 1.29 is 14.3 Å². The van der Waals surface area contributed by atoms with Gasteiger partial charge in [-0.3, -0.25) is 4.90 Å². The Hall–Kier alpha value is -0.615. The molecule has 1 N–H and O–H groups in total. The van der Waals surface area contributed by atoms with Crippen molar-refractivity contribution in [2.45, 2.75) is 69.1 Å². The first-order valence-electron chi connectivity index (χ1n) is 7.72. The van der Waals surface area contributed by atoms with Crippen LogP contribution in [0.1, 0.15) is 40.5 Å². The largest absolute Gasteiger partial charge is 0.444 e. The van der Waals surface area contributed by atoms with Crippen molar-refractivity contribution in [2.24, 2.45) is 0 Å². The van der Waals surface area contributed by atoms with Gasteiger partial charge in [0.25, 0.3) is 0 Å². The molecule has 2 saturated heterocycles. The average molecular weight is 300 g/mol. The van der Waals surface area contributed by atoms with Crippen LogP contribution in [0.4, 0.5) is 4.79 Å². The van der Waals surface area contributed by atoms with Crippen LogP contribution in [0.15, 0.2) is 0 Å². The van der Waals surface area contributed by atoms with Crippen molar-refractivity contribution >= 4 is 29.6 Å². The van der Waals surface area contributed by atoms with Crippen molar-refractivity contribution in [3.05, 3.63) is 0 Å². The van der Waals surface area contributed by atoms with Crippen molar-refractivity contribution in [2.75, 3.05) is 13.1 Å². The molecule has 3 unspecified atom stereocenters. The van der Waals surface area contributed by atoms with E-state index < -0.39 is 22.5 Å². The van der Waals surface area contributed by atoms with Crippen molar-refractivity contribution in [1.29, 1.82) is 0 Å². The summed E-state index contributed by atoms with van der Waals surface area (Å²) in [6.07, 6.45) is 0.926. The van der Waals surface area contributed by atoms with Crippen molar-refractivity contribution in [1.82, 2.24) is 10.2 Å². The summed E-state index contributed by atoms with van der Waals surface area (Å²) in [6, 6.07) is 0.0809. The third kappa shape index (κ3) is 3.65.